The number of hydrogen-bond acceptors (Lipinski definition) is 7. The number of aromatic nitrogens is 3. The molecule has 2 aromatic rings. The Labute approximate surface area is 208 Å². The van der Waals surface area contributed by atoms with Gasteiger partial charge in [0.25, 0.3) is 0 Å². The summed E-state index contributed by atoms with van der Waals surface area (Å²) in [5, 5.41) is 0. The molecule has 4 heterocycles. The Morgan fingerprint density at radius 1 is 1.00 bits per heavy atom. The molecule has 0 radical (unpaired) electrons. The van der Waals surface area contributed by atoms with Crippen LogP contribution in [0.1, 0.15) is 49.4 Å². The molecule has 2 fully saturated rings. The molecule has 0 aromatic carbocycles. The molecule has 8 nitrogen and oxygen atoms in total. The van der Waals surface area contributed by atoms with Gasteiger partial charge in [-0.05, 0) is 57.8 Å². The number of pyridine rings is 1. The number of amides is 1. The Balaban J connectivity index is 1.29. The quantitative estimate of drug-likeness (QED) is 0.607. The van der Waals surface area contributed by atoms with E-state index in [2.05, 4.69) is 24.8 Å². The van der Waals surface area contributed by atoms with Crippen LogP contribution in [0.5, 0.6) is 0 Å². The van der Waals surface area contributed by atoms with Crippen LogP contribution in [0.4, 0.5) is 19.1 Å². The summed E-state index contributed by atoms with van der Waals surface area (Å²) >= 11 is 0. The summed E-state index contributed by atoms with van der Waals surface area (Å²) < 4.78 is 38.7. The van der Waals surface area contributed by atoms with Gasteiger partial charge in [-0.25, -0.2) is 9.97 Å². The number of nitrogen functional groups attached to an aromatic ring is 1. The fourth-order valence-electron chi connectivity index (χ4n) is 5.01. The molecule has 0 atom stereocenters. The van der Waals surface area contributed by atoms with Crippen molar-refractivity contribution >= 4 is 17.6 Å². The number of piperidine rings is 2. The number of carbonyl (C=O) groups is 1. The second-order valence-electron chi connectivity index (χ2n) is 9.39. The van der Waals surface area contributed by atoms with Crippen molar-refractivity contribution in [2.75, 3.05) is 38.5 Å². The molecule has 36 heavy (non-hydrogen) atoms. The van der Waals surface area contributed by atoms with Crippen LogP contribution in [0.2, 0.25) is 0 Å². The van der Waals surface area contributed by atoms with Gasteiger partial charge in [-0.15, -0.1) is 0 Å². The van der Waals surface area contributed by atoms with Gasteiger partial charge in [-0.1, -0.05) is 0 Å². The Hall–Kier alpha value is -3.08. The number of nitrogens with zero attached hydrogens (tertiary/aromatic N) is 6. The highest BCUT2D eigenvalue weighted by atomic mass is 19.4. The number of halogens is 3. The van der Waals surface area contributed by atoms with Crippen molar-refractivity contribution in [2.24, 2.45) is 16.8 Å². The fourth-order valence-corrected chi connectivity index (χ4v) is 5.01. The van der Waals surface area contributed by atoms with Crippen molar-refractivity contribution in [2.45, 2.75) is 45.3 Å². The molecule has 0 bridgehead atoms. The van der Waals surface area contributed by atoms with Crippen LogP contribution >= 0.6 is 0 Å². The van der Waals surface area contributed by atoms with Gasteiger partial charge in [0.15, 0.2) is 0 Å². The molecule has 0 spiro atoms. The van der Waals surface area contributed by atoms with Crippen molar-refractivity contribution in [1.29, 1.82) is 0 Å². The van der Waals surface area contributed by atoms with Gasteiger partial charge < -0.3 is 10.6 Å². The number of anilines is 1. The molecular formula is C25H32F3N7O. The number of nitrogens with two attached hydrogens (primary N) is 1. The minimum atomic E-state index is -4.47. The standard InChI is InChI=1S/C25H32F3N7O/c1-2-30-22(20-3-4-21(31-15-20)25(26,27)28)18-7-11-35(12-8-18)23(36)19-5-9-34(10-6-19)16-17-13-32-24(29)33-14-17/h3-4,13-15,18-19H,2,5-12,16H2,1H3,(H2,29,32,33). The number of likely N-dealkylation sites (tertiary alicyclic amines) is 2. The molecule has 2 aliphatic rings. The fraction of sp³-hybridized carbons (Fsp3) is 0.560. The van der Waals surface area contributed by atoms with Gasteiger partial charge in [0.2, 0.25) is 11.9 Å². The number of aliphatic imine (C=N–C) groups is 1. The first-order valence-electron chi connectivity index (χ1n) is 12.4. The van der Waals surface area contributed by atoms with Gasteiger partial charge in [-0.2, -0.15) is 13.2 Å². The first-order chi connectivity index (χ1) is 17.2. The smallest absolute Gasteiger partial charge is 0.368 e. The predicted molar refractivity (Wildman–Crippen MR) is 130 cm³/mol. The van der Waals surface area contributed by atoms with Crippen molar-refractivity contribution < 1.29 is 18.0 Å². The van der Waals surface area contributed by atoms with E-state index in [1.54, 1.807) is 12.4 Å². The molecule has 11 heteroatoms. The van der Waals surface area contributed by atoms with Crippen LogP contribution in [0.25, 0.3) is 0 Å². The molecule has 4 rings (SSSR count). The number of hydrogen-bond donors (Lipinski definition) is 1. The highest BCUT2D eigenvalue weighted by Crippen LogP contribution is 2.29. The normalized spacial score (nSPS) is 19.0. The highest BCUT2D eigenvalue weighted by Gasteiger charge is 2.34. The Morgan fingerprint density at radius 2 is 1.64 bits per heavy atom. The summed E-state index contributed by atoms with van der Waals surface area (Å²) in [4.78, 5) is 33.7. The van der Waals surface area contributed by atoms with Crippen molar-refractivity contribution in [3.05, 3.63) is 47.5 Å². The first kappa shape index (κ1) is 26.0. The Bertz CT molecular complexity index is 1040. The summed E-state index contributed by atoms with van der Waals surface area (Å²) in [6.45, 7) is 6.12. The average Bonchev–Trinajstić information content (AvgIpc) is 2.88. The zero-order valence-corrected chi connectivity index (χ0v) is 20.4. The SMILES string of the molecule is CCN=C(c1ccc(C(F)(F)F)nc1)C1CCN(C(=O)C2CCN(Cc3cnc(N)nc3)CC2)CC1. The van der Waals surface area contributed by atoms with Crippen LogP contribution in [-0.2, 0) is 17.5 Å². The lowest BCUT2D eigenvalue weighted by atomic mass is 9.87. The maximum atomic E-state index is 13.2. The first-order valence-corrected chi connectivity index (χ1v) is 12.4. The van der Waals surface area contributed by atoms with Gasteiger partial charge in [0.1, 0.15) is 5.69 Å². The van der Waals surface area contributed by atoms with E-state index in [0.717, 1.165) is 62.7 Å². The van der Waals surface area contributed by atoms with Crippen LogP contribution in [0, 0.1) is 11.8 Å². The largest absolute Gasteiger partial charge is 0.433 e. The van der Waals surface area contributed by atoms with Gasteiger partial charge in [0, 0.05) is 73.4 Å². The number of carbonyl (C=O) groups excluding carboxylic acids is 1. The van der Waals surface area contributed by atoms with Gasteiger partial charge in [0.05, 0.1) is 0 Å². The topological polar surface area (TPSA) is 101 Å². The van der Waals surface area contributed by atoms with E-state index in [1.165, 1.54) is 12.3 Å². The molecule has 194 valence electrons. The molecule has 1 amide bonds. The maximum Gasteiger partial charge on any atom is 0.433 e. The molecule has 2 saturated heterocycles. The third kappa shape index (κ3) is 6.37. The lowest BCUT2D eigenvalue weighted by Crippen LogP contribution is -2.46. The second-order valence-corrected chi connectivity index (χ2v) is 9.39. The Kier molecular flexibility index (Phi) is 8.17. The summed E-state index contributed by atoms with van der Waals surface area (Å²) in [6, 6.07) is 2.46. The third-order valence-corrected chi connectivity index (χ3v) is 6.94. The van der Waals surface area contributed by atoms with E-state index in [-0.39, 0.29) is 23.7 Å². The summed E-state index contributed by atoms with van der Waals surface area (Å²) in [7, 11) is 0. The minimum absolute atomic E-state index is 0.0170. The molecule has 0 aliphatic carbocycles. The molecule has 2 N–H and O–H groups in total. The van der Waals surface area contributed by atoms with Crippen LogP contribution < -0.4 is 5.73 Å². The number of rotatable bonds is 6. The van der Waals surface area contributed by atoms with E-state index in [9.17, 15) is 18.0 Å². The van der Waals surface area contributed by atoms with Crippen molar-refractivity contribution in [3.63, 3.8) is 0 Å². The zero-order chi connectivity index (χ0) is 25.7. The molecule has 0 unspecified atom stereocenters. The van der Waals surface area contributed by atoms with E-state index in [0.29, 0.717) is 25.2 Å². The molecule has 2 aliphatic heterocycles. The van der Waals surface area contributed by atoms with Crippen LogP contribution in [0.3, 0.4) is 0 Å². The summed E-state index contributed by atoms with van der Waals surface area (Å²) in [5.41, 5.74) is 7.05. The third-order valence-electron chi connectivity index (χ3n) is 6.94. The zero-order valence-electron chi connectivity index (χ0n) is 20.4. The van der Waals surface area contributed by atoms with Gasteiger partial charge in [-0.3, -0.25) is 19.7 Å². The Morgan fingerprint density at radius 3 is 2.19 bits per heavy atom. The van der Waals surface area contributed by atoms with Crippen molar-refractivity contribution in [1.82, 2.24) is 24.8 Å². The van der Waals surface area contributed by atoms with E-state index in [4.69, 9.17) is 5.73 Å². The summed E-state index contributed by atoms with van der Waals surface area (Å²) in [5.74, 6) is 0.574. The average molecular weight is 504 g/mol. The van der Waals surface area contributed by atoms with Crippen LogP contribution in [-0.4, -0.2) is 69.1 Å². The lowest BCUT2D eigenvalue weighted by molar-refractivity contribution is -0.141. The maximum absolute atomic E-state index is 13.2. The monoisotopic (exact) mass is 503 g/mol. The van der Waals surface area contributed by atoms with E-state index >= 15 is 0 Å². The van der Waals surface area contributed by atoms with E-state index < -0.39 is 11.9 Å². The molecular weight excluding hydrogens is 471 g/mol. The van der Waals surface area contributed by atoms with Crippen LogP contribution in [0.15, 0.2) is 35.7 Å². The second kappa shape index (κ2) is 11.3. The number of alkyl halides is 3. The molecule has 0 saturated carbocycles. The minimum Gasteiger partial charge on any atom is -0.368 e. The summed E-state index contributed by atoms with van der Waals surface area (Å²) in [6.07, 6.45) is 3.37. The van der Waals surface area contributed by atoms with Gasteiger partial charge >= 0.3 is 6.18 Å². The highest BCUT2D eigenvalue weighted by molar-refractivity contribution is 6.02. The van der Waals surface area contributed by atoms with Crippen molar-refractivity contribution in [3.8, 4) is 0 Å². The molecule has 2 aromatic heterocycles. The van der Waals surface area contributed by atoms with E-state index in [1.807, 2.05) is 11.8 Å². The lowest BCUT2D eigenvalue weighted by Gasteiger charge is -2.37. The predicted octanol–water partition coefficient (Wildman–Crippen LogP) is 3.43.